The summed E-state index contributed by atoms with van der Waals surface area (Å²) in [4.78, 5) is 15.6. The summed E-state index contributed by atoms with van der Waals surface area (Å²) in [5.41, 5.74) is 1.91. The summed E-state index contributed by atoms with van der Waals surface area (Å²) in [5, 5.41) is 9.39. The number of carbonyl (C=O) groups excluding carboxylic acids is 1. The molecule has 2 aromatic rings. The molecular formula is C14H13NO3. The minimum atomic E-state index is -0.382. The number of hydrogen-bond donors (Lipinski definition) is 1. The first-order valence-corrected chi connectivity index (χ1v) is 5.63. The van der Waals surface area contributed by atoms with Gasteiger partial charge in [-0.2, -0.15) is 0 Å². The van der Waals surface area contributed by atoms with Crippen molar-refractivity contribution in [3.8, 4) is 17.0 Å². The van der Waals surface area contributed by atoms with Gasteiger partial charge in [0, 0.05) is 11.8 Å². The van der Waals surface area contributed by atoms with Gasteiger partial charge >= 0.3 is 5.97 Å². The first kappa shape index (κ1) is 12.1. The van der Waals surface area contributed by atoms with Gasteiger partial charge in [0.25, 0.3) is 0 Å². The highest BCUT2D eigenvalue weighted by molar-refractivity contribution is 5.89. The molecule has 0 radical (unpaired) electrons. The second-order valence-electron chi connectivity index (χ2n) is 3.70. The summed E-state index contributed by atoms with van der Waals surface area (Å²) in [6.45, 7) is 2.10. The minimum Gasteiger partial charge on any atom is -0.508 e. The SMILES string of the molecule is CCOC(=O)c1ccc(-c2cccc(O)c2)nc1. The monoisotopic (exact) mass is 243 g/mol. The molecule has 0 amide bonds. The van der Waals surface area contributed by atoms with Crippen molar-refractivity contribution in [3.63, 3.8) is 0 Å². The number of benzene rings is 1. The third-order valence-corrected chi connectivity index (χ3v) is 2.42. The van der Waals surface area contributed by atoms with E-state index in [0.717, 1.165) is 5.56 Å². The highest BCUT2D eigenvalue weighted by Crippen LogP contribution is 2.21. The number of carbonyl (C=O) groups is 1. The molecule has 92 valence electrons. The zero-order valence-corrected chi connectivity index (χ0v) is 9.96. The second-order valence-corrected chi connectivity index (χ2v) is 3.70. The minimum absolute atomic E-state index is 0.184. The van der Waals surface area contributed by atoms with Crippen molar-refractivity contribution >= 4 is 5.97 Å². The highest BCUT2D eigenvalue weighted by Gasteiger charge is 2.07. The summed E-state index contributed by atoms with van der Waals surface area (Å²) in [6, 6.07) is 10.2. The van der Waals surface area contributed by atoms with E-state index in [1.54, 1.807) is 37.3 Å². The fourth-order valence-electron chi connectivity index (χ4n) is 1.57. The molecule has 0 spiro atoms. The van der Waals surface area contributed by atoms with Gasteiger partial charge in [0.2, 0.25) is 0 Å². The molecule has 1 N–H and O–H groups in total. The summed E-state index contributed by atoms with van der Waals surface area (Å²) in [7, 11) is 0. The Kier molecular flexibility index (Phi) is 3.57. The number of hydrogen-bond acceptors (Lipinski definition) is 4. The van der Waals surface area contributed by atoms with Gasteiger partial charge in [-0.05, 0) is 31.2 Å². The lowest BCUT2D eigenvalue weighted by Gasteiger charge is -2.04. The molecule has 1 aromatic carbocycles. The number of phenols is 1. The van der Waals surface area contributed by atoms with Crippen molar-refractivity contribution in [2.75, 3.05) is 6.61 Å². The highest BCUT2D eigenvalue weighted by atomic mass is 16.5. The predicted molar refractivity (Wildman–Crippen MR) is 67.3 cm³/mol. The summed E-state index contributed by atoms with van der Waals surface area (Å²) >= 11 is 0. The Morgan fingerprint density at radius 3 is 2.78 bits per heavy atom. The van der Waals surface area contributed by atoms with Crippen molar-refractivity contribution in [2.45, 2.75) is 6.92 Å². The molecule has 0 aliphatic carbocycles. The number of nitrogens with zero attached hydrogens (tertiary/aromatic N) is 1. The number of rotatable bonds is 3. The number of phenolic OH excluding ortho intramolecular Hbond substituents is 1. The molecule has 0 bridgehead atoms. The van der Waals surface area contributed by atoms with Crippen LogP contribution in [0.3, 0.4) is 0 Å². The van der Waals surface area contributed by atoms with Gasteiger partial charge in [-0.15, -0.1) is 0 Å². The molecule has 4 heteroatoms. The maximum absolute atomic E-state index is 11.4. The van der Waals surface area contributed by atoms with E-state index in [0.29, 0.717) is 17.9 Å². The molecule has 0 unspecified atom stereocenters. The van der Waals surface area contributed by atoms with Crippen LogP contribution in [-0.2, 0) is 4.74 Å². The Morgan fingerprint density at radius 2 is 2.17 bits per heavy atom. The lowest BCUT2D eigenvalue weighted by atomic mass is 10.1. The summed E-state index contributed by atoms with van der Waals surface area (Å²) < 4.78 is 4.87. The molecular weight excluding hydrogens is 230 g/mol. The van der Waals surface area contributed by atoms with E-state index in [1.807, 2.05) is 6.07 Å². The second kappa shape index (κ2) is 5.31. The molecule has 1 heterocycles. The van der Waals surface area contributed by atoms with Crippen LogP contribution in [0.2, 0.25) is 0 Å². The van der Waals surface area contributed by atoms with Crippen LogP contribution in [0, 0.1) is 0 Å². The molecule has 4 nitrogen and oxygen atoms in total. The van der Waals surface area contributed by atoms with Crippen molar-refractivity contribution in [1.29, 1.82) is 0 Å². The molecule has 0 aliphatic rings. The Balaban J connectivity index is 2.25. The van der Waals surface area contributed by atoms with E-state index < -0.39 is 0 Å². The third kappa shape index (κ3) is 2.66. The molecule has 0 atom stereocenters. The smallest absolute Gasteiger partial charge is 0.339 e. The van der Waals surface area contributed by atoms with Crippen molar-refractivity contribution in [3.05, 3.63) is 48.2 Å². The summed E-state index contributed by atoms with van der Waals surface area (Å²) in [6.07, 6.45) is 1.47. The van der Waals surface area contributed by atoms with Crippen LogP contribution in [0.4, 0.5) is 0 Å². The van der Waals surface area contributed by atoms with Gasteiger partial charge < -0.3 is 9.84 Å². The molecule has 18 heavy (non-hydrogen) atoms. The Bertz CT molecular complexity index is 549. The lowest BCUT2D eigenvalue weighted by molar-refractivity contribution is 0.0526. The average molecular weight is 243 g/mol. The van der Waals surface area contributed by atoms with Gasteiger partial charge in [-0.1, -0.05) is 12.1 Å². The van der Waals surface area contributed by atoms with Gasteiger partial charge in [-0.25, -0.2) is 4.79 Å². The van der Waals surface area contributed by atoms with Crippen LogP contribution in [0.5, 0.6) is 5.75 Å². The predicted octanol–water partition coefficient (Wildman–Crippen LogP) is 2.63. The average Bonchev–Trinajstić information content (AvgIpc) is 2.39. The maximum Gasteiger partial charge on any atom is 0.339 e. The zero-order chi connectivity index (χ0) is 13.0. The number of pyridine rings is 1. The maximum atomic E-state index is 11.4. The normalized spacial score (nSPS) is 10.1. The summed E-state index contributed by atoms with van der Waals surface area (Å²) in [5.74, 6) is -0.198. The molecule has 0 saturated heterocycles. The Hall–Kier alpha value is -2.36. The first-order chi connectivity index (χ1) is 8.70. The quantitative estimate of drug-likeness (QED) is 0.842. The first-order valence-electron chi connectivity index (χ1n) is 5.63. The topological polar surface area (TPSA) is 59.4 Å². The van der Waals surface area contributed by atoms with Crippen LogP contribution < -0.4 is 0 Å². The lowest BCUT2D eigenvalue weighted by Crippen LogP contribution is -2.04. The van der Waals surface area contributed by atoms with Crippen LogP contribution in [0.1, 0.15) is 17.3 Å². The number of aromatic hydroxyl groups is 1. The van der Waals surface area contributed by atoms with Gasteiger partial charge in [0.05, 0.1) is 17.9 Å². The van der Waals surface area contributed by atoms with Crippen LogP contribution in [0.15, 0.2) is 42.6 Å². The van der Waals surface area contributed by atoms with Crippen molar-refractivity contribution in [2.24, 2.45) is 0 Å². The molecule has 1 aromatic heterocycles. The van der Waals surface area contributed by atoms with Gasteiger partial charge in [0.1, 0.15) is 5.75 Å². The third-order valence-electron chi connectivity index (χ3n) is 2.42. The van der Waals surface area contributed by atoms with Crippen LogP contribution in [-0.4, -0.2) is 22.7 Å². The largest absolute Gasteiger partial charge is 0.508 e. The van der Waals surface area contributed by atoms with Gasteiger partial charge in [-0.3, -0.25) is 4.98 Å². The van der Waals surface area contributed by atoms with E-state index in [9.17, 15) is 9.90 Å². The zero-order valence-electron chi connectivity index (χ0n) is 9.96. The van der Waals surface area contributed by atoms with E-state index in [4.69, 9.17) is 4.74 Å². The molecule has 0 aliphatic heterocycles. The Morgan fingerprint density at radius 1 is 1.33 bits per heavy atom. The number of esters is 1. The fourth-order valence-corrected chi connectivity index (χ4v) is 1.57. The van der Waals surface area contributed by atoms with Crippen molar-refractivity contribution in [1.82, 2.24) is 4.98 Å². The van der Waals surface area contributed by atoms with Crippen LogP contribution >= 0.6 is 0 Å². The standard InChI is InChI=1S/C14H13NO3/c1-2-18-14(17)11-6-7-13(15-9-11)10-4-3-5-12(16)8-10/h3-9,16H,2H2,1H3. The van der Waals surface area contributed by atoms with E-state index >= 15 is 0 Å². The number of ether oxygens (including phenoxy) is 1. The van der Waals surface area contributed by atoms with Gasteiger partial charge in [0.15, 0.2) is 0 Å². The molecule has 0 saturated carbocycles. The molecule has 2 rings (SSSR count). The fraction of sp³-hybridized carbons (Fsp3) is 0.143. The van der Waals surface area contributed by atoms with Crippen LogP contribution in [0.25, 0.3) is 11.3 Å². The van der Waals surface area contributed by atoms with E-state index in [2.05, 4.69) is 4.98 Å². The Labute approximate surface area is 105 Å². The van der Waals surface area contributed by atoms with Crippen molar-refractivity contribution < 1.29 is 14.6 Å². The van der Waals surface area contributed by atoms with E-state index in [-0.39, 0.29) is 11.7 Å². The molecule has 0 fully saturated rings. The van der Waals surface area contributed by atoms with E-state index in [1.165, 1.54) is 6.20 Å². The number of aromatic nitrogens is 1.